The quantitative estimate of drug-likeness (QED) is 0.617. The molecule has 1 unspecified atom stereocenters. The van der Waals surface area contributed by atoms with Gasteiger partial charge in [-0.3, -0.25) is 4.79 Å². The van der Waals surface area contributed by atoms with E-state index in [1.165, 1.54) is 0 Å². The predicted octanol–water partition coefficient (Wildman–Crippen LogP) is 3.01. The molecule has 0 aromatic rings. The number of hydrogen-bond acceptors (Lipinski definition) is 2. The fourth-order valence-electron chi connectivity index (χ4n) is 0.961. The van der Waals surface area contributed by atoms with Crippen LogP contribution in [-0.2, 0) is 9.53 Å². The first-order chi connectivity index (χ1) is 5.93. The summed E-state index contributed by atoms with van der Waals surface area (Å²) in [6.07, 6.45) is 2.15. The van der Waals surface area contributed by atoms with Gasteiger partial charge in [0.15, 0.2) is 0 Å². The van der Waals surface area contributed by atoms with Crippen molar-refractivity contribution in [2.75, 3.05) is 0 Å². The maximum absolute atomic E-state index is 11.2. The molecule has 0 N–H and O–H groups in total. The Labute approximate surface area is 81.7 Å². The van der Waals surface area contributed by atoms with E-state index in [1.807, 2.05) is 20.8 Å². The monoisotopic (exact) mass is 186 g/mol. The Kier molecular flexibility index (Phi) is 5.76. The lowest BCUT2D eigenvalue weighted by Crippen LogP contribution is -2.19. The first-order valence-electron chi connectivity index (χ1n) is 5.14. The van der Waals surface area contributed by atoms with Gasteiger partial charge in [0.05, 0.1) is 12.0 Å². The van der Waals surface area contributed by atoms with Gasteiger partial charge in [-0.2, -0.15) is 0 Å². The fourth-order valence-corrected chi connectivity index (χ4v) is 0.961. The summed E-state index contributed by atoms with van der Waals surface area (Å²) in [6, 6.07) is 0. The first-order valence-corrected chi connectivity index (χ1v) is 5.14. The zero-order valence-electron chi connectivity index (χ0n) is 9.46. The van der Waals surface area contributed by atoms with Gasteiger partial charge in [-0.15, -0.1) is 0 Å². The van der Waals surface area contributed by atoms with Crippen LogP contribution in [0.3, 0.4) is 0 Å². The topological polar surface area (TPSA) is 26.3 Å². The molecule has 1 atom stereocenters. The minimum absolute atomic E-state index is 0.0125. The molecule has 0 saturated heterocycles. The number of carbonyl (C=O) groups is 1. The molecule has 0 fully saturated rings. The van der Waals surface area contributed by atoms with Crippen molar-refractivity contribution in [3.8, 4) is 0 Å². The summed E-state index contributed by atoms with van der Waals surface area (Å²) in [5.74, 6) is 0.581. The highest BCUT2D eigenvalue weighted by molar-refractivity contribution is 5.71. The highest BCUT2D eigenvalue weighted by Gasteiger charge is 2.12. The number of ether oxygens (including phenoxy) is 1. The van der Waals surface area contributed by atoms with Gasteiger partial charge in [0.1, 0.15) is 0 Å². The Morgan fingerprint density at radius 2 is 1.62 bits per heavy atom. The van der Waals surface area contributed by atoms with Crippen molar-refractivity contribution in [2.24, 2.45) is 11.8 Å². The van der Waals surface area contributed by atoms with Crippen molar-refractivity contribution in [1.82, 2.24) is 0 Å². The van der Waals surface area contributed by atoms with E-state index in [0.29, 0.717) is 5.92 Å². The number of carbonyl (C=O) groups excluding carboxylic acids is 1. The molecule has 0 radical (unpaired) electrons. The Hall–Kier alpha value is -0.530. The van der Waals surface area contributed by atoms with Crippen molar-refractivity contribution in [2.45, 2.75) is 53.6 Å². The number of hydrogen-bond donors (Lipinski definition) is 0. The highest BCUT2D eigenvalue weighted by Crippen LogP contribution is 2.10. The van der Waals surface area contributed by atoms with Crippen LogP contribution in [0.4, 0.5) is 0 Å². The van der Waals surface area contributed by atoms with E-state index >= 15 is 0 Å². The van der Waals surface area contributed by atoms with Gasteiger partial charge in [-0.1, -0.05) is 27.7 Å². The van der Waals surface area contributed by atoms with Gasteiger partial charge < -0.3 is 4.74 Å². The van der Waals surface area contributed by atoms with E-state index in [0.717, 1.165) is 12.8 Å². The highest BCUT2D eigenvalue weighted by atomic mass is 16.5. The van der Waals surface area contributed by atoms with Crippen molar-refractivity contribution >= 4 is 5.97 Å². The summed E-state index contributed by atoms with van der Waals surface area (Å²) in [5.41, 5.74) is 0. The van der Waals surface area contributed by atoms with Crippen LogP contribution in [0.25, 0.3) is 0 Å². The minimum Gasteiger partial charge on any atom is -0.462 e. The molecule has 0 aliphatic rings. The Morgan fingerprint density at radius 3 is 2.00 bits per heavy atom. The Morgan fingerprint density at radius 1 is 1.08 bits per heavy atom. The number of esters is 1. The summed E-state index contributed by atoms with van der Waals surface area (Å²) >= 11 is 0. The largest absolute Gasteiger partial charge is 0.462 e. The molecule has 2 heteroatoms. The maximum Gasteiger partial charge on any atom is 0.308 e. The molecule has 0 aromatic heterocycles. The minimum atomic E-state index is -0.0868. The van der Waals surface area contributed by atoms with E-state index < -0.39 is 0 Å². The molecule has 0 aliphatic carbocycles. The summed E-state index contributed by atoms with van der Waals surface area (Å²) in [4.78, 5) is 11.2. The van der Waals surface area contributed by atoms with Crippen molar-refractivity contribution in [1.29, 1.82) is 0 Å². The molecule has 0 bridgehead atoms. The molecular formula is C11H22O2. The van der Waals surface area contributed by atoms with Crippen LogP contribution < -0.4 is 0 Å². The van der Waals surface area contributed by atoms with Crippen LogP contribution in [0.1, 0.15) is 47.5 Å². The van der Waals surface area contributed by atoms with E-state index in [4.69, 9.17) is 4.74 Å². The van der Waals surface area contributed by atoms with Crippen LogP contribution in [0.5, 0.6) is 0 Å². The van der Waals surface area contributed by atoms with Crippen LogP contribution in [-0.4, -0.2) is 12.1 Å². The lowest BCUT2D eigenvalue weighted by molar-refractivity contribution is -0.152. The van der Waals surface area contributed by atoms with Crippen molar-refractivity contribution in [3.05, 3.63) is 0 Å². The van der Waals surface area contributed by atoms with E-state index in [2.05, 4.69) is 13.8 Å². The van der Waals surface area contributed by atoms with Crippen molar-refractivity contribution < 1.29 is 9.53 Å². The van der Waals surface area contributed by atoms with Gasteiger partial charge in [0, 0.05) is 0 Å². The Balaban J connectivity index is 3.62. The van der Waals surface area contributed by atoms with Gasteiger partial charge in [-0.25, -0.2) is 0 Å². The van der Waals surface area contributed by atoms with Crippen LogP contribution in [0.2, 0.25) is 0 Å². The smallest absolute Gasteiger partial charge is 0.308 e. The van der Waals surface area contributed by atoms with Gasteiger partial charge in [0.2, 0.25) is 0 Å². The first kappa shape index (κ1) is 12.5. The fraction of sp³-hybridized carbons (Fsp3) is 0.909. The molecule has 0 rings (SSSR count). The molecule has 0 aromatic carbocycles. The molecule has 0 aliphatic heterocycles. The summed E-state index contributed by atoms with van der Waals surface area (Å²) in [7, 11) is 0. The lowest BCUT2D eigenvalue weighted by atomic mass is 10.1. The standard InChI is InChI=1S/C11H22O2/c1-8(2)6-7-10(5)13-11(12)9(3)4/h8-10H,6-7H2,1-5H3. The second-order valence-electron chi connectivity index (χ2n) is 4.37. The molecule has 0 amide bonds. The summed E-state index contributed by atoms with van der Waals surface area (Å²) in [6.45, 7) is 10.0. The van der Waals surface area contributed by atoms with Gasteiger partial charge in [0.25, 0.3) is 0 Å². The van der Waals surface area contributed by atoms with Crippen LogP contribution in [0, 0.1) is 11.8 Å². The maximum atomic E-state index is 11.2. The van der Waals surface area contributed by atoms with E-state index in [-0.39, 0.29) is 18.0 Å². The molecule has 0 spiro atoms. The molecule has 0 heterocycles. The molecule has 78 valence electrons. The Bertz CT molecular complexity index is 150. The zero-order valence-corrected chi connectivity index (χ0v) is 9.46. The van der Waals surface area contributed by atoms with Crippen LogP contribution >= 0.6 is 0 Å². The van der Waals surface area contributed by atoms with Crippen LogP contribution in [0.15, 0.2) is 0 Å². The SMILES string of the molecule is CC(C)CCC(C)OC(=O)C(C)C. The normalized spacial score (nSPS) is 13.5. The van der Waals surface area contributed by atoms with Gasteiger partial charge in [-0.05, 0) is 25.7 Å². The van der Waals surface area contributed by atoms with E-state index in [9.17, 15) is 4.79 Å². The van der Waals surface area contributed by atoms with E-state index in [1.54, 1.807) is 0 Å². The summed E-state index contributed by atoms with van der Waals surface area (Å²) < 4.78 is 5.22. The third-order valence-electron chi connectivity index (χ3n) is 1.94. The molecule has 13 heavy (non-hydrogen) atoms. The molecule has 0 saturated carbocycles. The lowest BCUT2D eigenvalue weighted by Gasteiger charge is -2.15. The predicted molar refractivity (Wildman–Crippen MR) is 54.5 cm³/mol. The second kappa shape index (κ2) is 6.01. The molecular weight excluding hydrogens is 164 g/mol. The van der Waals surface area contributed by atoms with Gasteiger partial charge >= 0.3 is 5.97 Å². The molecule has 2 nitrogen and oxygen atoms in total. The zero-order chi connectivity index (χ0) is 10.4. The third kappa shape index (κ3) is 6.62. The van der Waals surface area contributed by atoms with Crippen molar-refractivity contribution in [3.63, 3.8) is 0 Å². The number of rotatable bonds is 5. The average Bonchev–Trinajstić information content (AvgIpc) is 2.00. The summed E-state index contributed by atoms with van der Waals surface area (Å²) in [5, 5.41) is 0. The average molecular weight is 186 g/mol. The second-order valence-corrected chi connectivity index (χ2v) is 4.37. The third-order valence-corrected chi connectivity index (χ3v) is 1.94.